The SMILES string of the molecule is Cc1cc(C[C@@H]2CN(c3nc(N)c4cnn(C)c4n3)C[C@@H]2O)on1. The highest BCUT2D eigenvalue weighted by Crippen LogP contribution is 2.27. The molecule has 3 aromatic rings. The fraction of sp³-hybridized carbons (Fsp3) is 0.467. The largest absolute Gasteiger partial charge is 0.391 e. The molecule has 2 atom stereocenters. The summed E-state index contributed by atoms with van der Waals surface area (Å²) in [6, 6.07) is 1.89. The fourth-order valence-electron chi connectivity index (χ4n) is 3.16. The Labute approximate surface area is 138 Å². The number of hydrogen-bond acceptors (Lipinski definition) is 8. The summed E-state index contributed by atoms with van der Waals surface area (Å²) in [5.74, 6) is 1.72. The van der Waals surface area contributed by atoms with Gasteiger partial charge in [-0.05, 0) is 6.92 Å². The van der Waals surface area contributed by atoms with Crippen molar-refractivity contribution in [3.8, 4) is 0 Å². The lowest BCUT2D eigenvalue weighted by atomic mass is 10.0. The number of aliphatic hydroxyl groups excluding tert-OH is 1. The normalized spacial score (nSPS) is 21.0. The van der Waals surface area contributed by atoms with Crippen molar-refractivity contribution in [1.29, 1.82) is 0 Å². The minimum absolute atomic E-state index is 0.0319. The van der Waals surface area contributed by atoms with Gasteiger partial charge < -0.3 is 20.3 Å². The Hall–Kier alpha value is -2.68. The molecule has 0 unspecified atom stereocenters. The number of nitrogens with two attached hydrogens (primary N) is 1. The molecule has 0 saturated carbocycles. The van der Waals surface area contributed by atoms with Crippen LogP contribution in [0.25, 0.3) is 11.0 Å². The molecular formula is C15H19N7O2. The van der Waals surface area contributed by atoms with Gasteiger partial charge in [0.15, 0.2) is 5.65 Å². The molecule has 1 aliphatic heterocycles. The number of anilines is 2. The van der Waals surface area contributed by atoms with E-state index in [1.54, 1.807) is 10.9 Å². The number of nitrogen functional groups attached to an aromatic ring is 1. The first-order chi connectivity index (χ1) is 11.5. The van der Waals surface area contributed by atoms with Crippen molar-refractivity contribution in [3.63, 3.8) is 0 Å². The molecule has 0 amide bonds. The number of β-amino-alcohol motifs (C(OH)–C–C–N with tert-alkyl or cyclic N) is 1. The average Bonchev–Trinajstić information content (AvgIpc) is 3.21. The highest BCUT2D eigenvalue weighted by Gasteiger charge is 2.34. The van der Waals surface area contributed by atoms with Crippen LogP contribution in [0.1, 0.15) is 11.5 Å². The Balaban J connectivity index is 1.58. The zero-order chi connectivity index (χ0) is 16.8. The summed E-state index contributed by atoms with van der Waals surface area (Å²) < 4.78 is 6.92. The van der Waals surface area contributed by atoms with E-state index in [1.165, 1.54) is 0 Å². The number of hydrogen-bond donors (Lipinski definition) is 2. The molecule has 0 aliphatic carbocycles. The molecule has 1 aliphatic rings. The Morgan fingerprint density at radius 3 is 2.96 bits per heavy atom. The van der Waals surface area contributed by atoms with Crippen molar-refractivity contribution in [2.24, 2.45) is 13.0 Å². The Morgan fingerprint density at radius 2 is 2.21 bits per heavy atom. The van der Waals surface area contributed by atoms with Crippen molar-refractivity contribution >= 4 is 22.8 Å². The van der Waals surface area contributed by atoms with E-state index in [9.17, 15) is 5.11 Å². The Bertz CT molecular complexity index is 887. The second-order valence-electron chi connectivity index (χ2n) is 6.29. The number of nitrogens with zero attached hydrogens (tertiary/aromatic N) is 6. The lowest BCUT2D eigenvalue weighted by Gasteiger charge is -2.16. The molecule has 126 valence electrons. The van der Waals surface area contributed by atoms with E-state index in [4.69, 9.17) is 10.3 Å². The summed E-state index contributed by atoms with van der Waals surface area (Å²) in [4.78, 5) is 10.9. The monoisotopic (exact) mass is 329 g/mol. The number of aromatic nitrogens is 5. The van der Waals surface area contributed by atoms with E-state index in [1.807, 2.05) is 24.9 Å². The van der Waals surface area contributed by atoms with Crippen LogP contribution in [0.4, 0.5) is 11.8 Å². The summed E-state index contributed by atoms with van der Waals surface area (Å²) >= 11 is 0. The average molecular weight is 329 g/mol. The van der Waals surface area contributed by atoms with Crippen LogP contribution in [0.3, 0.4) is 0 Å². The first-order valence-corrected chi connectivity index (χ1v) is 7.81. The molecule has 9 heteroatoms. The van der Waals surface area contributed by atoms with Crippen molar-refractivity contribution < 1.29 is 9.63 Å². The van der Waals surface area contributed by atoms with Crippen LogP contribution in [0, 0.1) is 12.8 Å². The third-order valence-corrected chi connectivity index (χ3v) is 4.44. The first-order valence-electron chi connectivity index (χ1n) is 7.81. The van der Waals surface area contributed by atoms with Gasteiger partial charge in [-0.1, -0.05) is 5.16 Å². The molecule has 3 N–H and O–H groups in total. The highest BCUT2D eigenvalue weighted by molar-refractivity contribution is 5.86. The van der Waals surface area contributed by atoms with E-state index < -0.39 is 6.10 Å². The van der Waals surface area contributed by atoms with Gasteiger partial charge in [-0.15, -0.1) is 0 Å². The molecule has 0 aromatic carbocycles. The van der Waals surface area contributed by atoms with Gasteiger partial charge in [-0.3, -0.25) is 4.68 Å². The molecular weight excluding hydrogens is 310 g/mol. The molecule has 0 bridgehead atoms. The van der Waals surface area contributed by atoms with Crippen molar-refractivity contribution in [2.45, 2.75) is 19.4 Å². The molecule has 9 nitrogen and oxygen atoms in total. The first kappa shape index (κ1) is 14.9. The van der Waals surface area contributed by atoms with Gasteiger partial charge in [0.2, 0.25) is 5.95 Å². The Kier molecular flexibility index (Phi) is 3.38. The second-order valence-corrected chi connectivity index (χ2v) is 6.29. The summed E-state index contributed by atoms with van der Waals surface area (Å²) in [6.07, 6.45) is 1.80. The van der Waals surface area contributed by atoms with Crippen molar-refractivity contribution in [2.75, 3.05) is 23.7 Å². The van der Waals surface area contributed by atoms with Crippen LogP contribution in [-0.2, 0) is 13.5 Å². The van der Waals surface area contributed by atoms with Crippen LogP contribution in [0.5, 0.6) is 0 Å². The van der Waals surface area contributed by atoms with Crippen LogP contribution in [0.15, 0.2) is 16.8 Å². The number of fused-ring (bicyclic) bond motifs is 1. The van der Waals surface area contributed by atoms with Crippen molar-refractivity contribution in [1.82, 2.24) is 24.9 Å². The molecule has 0 spiro atoms. The van der Waals surface area contributed by atoms with Gasteiger partial charge in [-0.25, -0.2) is 0 Å². The maximum atomic E-state index is 10.4. The number of aliphatic hydroxyl groups is 1. The standard InChI is InChI=1S/C15H19N7O2/c1-8-3-10(24-20-8)4-9-6-22(7-12(9)23)15-18-13(16)11-5-17-21(2)14(11)19-15/h3,5,9,12,23H,4,6-7H2,1-2H3,(H2,16,18,19)/t9-,12+/m1/s1. The quantitative estimate of drug-likeness (QED) is 0.703. The van der Waals surface area contributed by atoms with Crippen LogP contribution in [-0.4, -0.2) is 49.2 Å². The van der Waals surface area contributed by atoms with Crippen LogP contribution < -0.4 is 10.6 Å². The molecule has 24 heavy (non-hydrogen) atoms. The Morgan fingerprint density at radius 1 is 1.38 bits per heavy atom. The van der Waals surface area contributed by atoms with E-state index in [0.717, 1.165) is 16.8 Å². The molecule has 1 fully saturated rings. The predicted octanol–water partition coefficient (Wildman–Crippen LogP) is 0.282. The van der Waals surface area contributed by atoms with E-state index in [2.05, 4.69) is 20.2 Å². The minimum Gasteiger partial charge on any atom is -0.391 e. The molecule has 1 saturated heterocycles. The van der Waals surface area contributed by atoms with Gasteiger partial charge in [0.05, 0.1) is 23.4 Å². The third-order valence-electron chi connectivity index (χ3n) is 4.44. The zero-order valence-corrected chi connectivity index (χ0v) is 13.5. The summed E-state index contributed by atoms with van der Waals surface area (Å²) in [6.45, 7) is 2.97. The van der Waals surface area contributed by atoms with Gasteiger partial charge in [-0.2, -0.15) is 15.1 Å². The van der Waals surface area contributed by atoms with Crippen LogP contribution >= 0.6 is 0 Å². The van der Waals surface area contributed by atoms with Gasteiger partial charge >= 0.3 is 0 Å². The molecule has 4 rings (SSSR count). The highest BCUT2D eigenvalue weighted by atomic mass is 16.5. The van der Waals surface area contributed by atoms with Gasteiger partial charge in [0.1, 0.15) is 11.6 Å². The zero-order valence-electron chi connectivity index (χ0n) is 13.5. The maximum Gasteiger partial charge on any atom is 0.229 e. The summed E-state index contributed by atoms with van der Waals surface area (Å²) in [5.41, 5.74) is 7.54. The lowest BCUT2D eigenvalue weighted by Crippen LogP contribution is -2.23. The van der Waals surface area contributed by atoms with E-state index in [-0.39, 0.29) is 5.92 Å². The maximum absolute atomic E-state index is 10.4. The fourth-order valence-corrected chi connectivity index (χ4v) is 3.16. The summed E-state index contributed by atoms with van der Waals surface area (Å²) in [5, 5.41) is 19.2. The number of rotatable bonds is 3. The predicted molar refractivity (Wildman–Crippen MR) is 87.4 cm³/mol. The van der Waals surface area contributed by atoms with Gasteiger partial charge in [0, 0.05) is 38.5 Å². The lowest BCUT2D eigenvalue weighted by molar-refractivity contribution is 0.143. The topological polar surface area (TPSA) is 119 Å². The van der Waals surface area contributed by atoms with Gasteiger partial charge in [0.25, 0.3) is 0 Å². The minimum atomic E-state index is -0.484. The third kappa shape index (κ3) is 2.46. The molecule has 0 radical (unpaired) electrons. The smallest absolute Gasteiger partial charge is 0.229 e. The van der Waals surface area contributed by atoms with E-state index in [0.29, 0.717) is 36.9 Å². The molecule has 3 aromatic heterocycles. The molecule has 4 heterocycles. The van der Waals surface area contributed by atoms with Crippen LogP contribution in [0.2, 0.25) is 0 Å². The second kappa shape index (κ2) is 5.45. The van der Waals surface area contributed by atoms with Crippen molar-refractivity contribution in [3.05, 3.63) is 23.7 Å². The van der Waals surface area contributed by atoms with E-state index >= 15 is 0 Å². The summed E-state index contributed by atoms with van der Waals surface area (Å²) in [7, 11) is 1.81. The number of aryl methyl sites for hydroxylation is 2.